The van der Waals surface area contributed by atoms with E-state index in [1.807, 2.05) is 21.1 Å². The molecule has 0 fully saturated rings. The SMILES string of the molecule is CC/C=C\C/C=C\C/C=C\C/C=C\C/C=C\C/C=C\C/C=C\C/C=C\C/C=C\C/C=C\C/C=C\CCCCCCCC(=O)OC(COC(=O)CCCCCC/C=C\C/C=C\C/C=C\C/C=C\C/C=C\C/C=C\C/C=C\C/C=C\CC)COC(OCC[N+](C)(C)C)C(=O)O. The number of carboxylic acids is 1. The third kappa shape index (κ3) is 72.6. The molecule has 0 radical (unpaired) electrons. The van der Waals surface area contributed by atoms with E-state index in [1.165, 1.54) is 0 Å². The molecule has 0 saturated heterocycles. The quantitative estimate of drug-likeness (QED) is 0.0211. The average Bonchev–Trinajstić information content (AvgIpc) is 3.38. The predicted molar refractivity (Wildman–Crippen MR) is 400 cm³/mol. The van der Waals surface area contributed by atoms with Crippen LogP contribution in [0, 0.1) is 0 Å². The molecule has 9 heteroatoms. The molecule has 93 heavy (non-hydrogen) atoms. The molecule has 2 unspecified atom stereocenters. The van der Waals surface area contributed by atoms with E-state index in [4.69, 9.17) is 18.9 Å². The molecule has 2 atom stereocenters. The summed E-state index contributed by atoms with van der Waals surface area (Å²) in [5, 5.41) is 9.75. The van der Waals surface area contributed by atoms with Crippen LogP contribution in [0.15, 0.2) is 231 Å². The lowest BCUT2D eigenvalue weighted by Crippen LogP contribution is -2.40. The first kappa shape index (κ1) is 86.4. The average molecular weight is 1280 g/mol. The van der Waals surface area contributed by atoms with Crippen LogP contribution in [0.25, 0.3) is 0 Å². The van der Waals surface area contributed by atoms with Crippen LogP contribution in [0.2, 0.25) is 0 Å². The Labute approximate surface area is 568 Å². The first-order valence-electron chi connectivity index (χ1n) is 35.5. The summed E-state index contributed by atoms with van der Waals surface area (Å²) >= 11 is 0. The highest BCUT2D eigenvalue weighted by atomic mass is 16.7. The number of ether oxygens (including phenoxy) is 4. The lowest BCUT2D eigenvalue weighted by molar-refractivity contribution is -0.870. The van der Waals surface area contributed by atoms with Crippen LogP contribution in [0.1, 0.15) is 219 Å². The third-order valence-corrected chi connectivity index (χ3v) is 13.9. The molecule has 0 spiro atoms. The number of carbonyl (C=O) groups is 3. The number of nitrogens with zero attached hydrogens (tertiary/aromatic N) is 1. The molecule has 0 aliphatic rings. The summed E-state index contributed by atoms with van der Waals surface area (Å²) in [5.41, 5.74) is 0. The molecule has 9 nitrogen and oxygen atoms in total. The number of esters is 2. The molecule has 0 aromatic rings. The number of hydrogen-bond acceptors (Lipinski definition) is 7. The zero-order valence-corrected chi connectivity index (χ0v) is 58.8. The van der Waals surface area contributed by atoms with E-state index in [0.717, 1.165) is 180 Å². The normalized spacial score (nSPS) is 14.1. The molecule has 0 amide bonds. The Morgan fingerprint density at radius 2 is 0.581 bits per heavy atom. The zero-order chi connectivity index (χ0) is 67.5. The molecule has 0 aromatic carbocycles. The van der Waals surface area contributed by atoms with Gasteiger partial charge in [0, 0.05) is 12.8 Å². The Morgan fingerprint density at radius 1 is 0.323 bits per heavy atom. The molecule has 0 aliphatic carbocycles. The van der Waals surface area contributed by atoms with Crippen molar-refractivity contribution in [3.8, 4) is 0 Å². The van der Waals surface area contributed by atoms with E-state index in [-0.39, 0.29) is 38.6 Å². The Hall–Kier alpha value is -6.65. The van der Waals surface area contributed by atoms with Crippen molar-refractivity contribution < 1.29 is 42.9 Å². The van der Waals surface area contributed by atoms with Crippen molar-refractivity contribution in [2.75, 3.05) is 47.5 Å². The van der Waals surface area contributed by atoms with Gasteiger partial charge in [-0.25, -0.2) is 4.79 Å². The Morgan fingerprint density at radius 3 is 0.860 bits per heavy atom. The number of carbonyl (C=O) groups excluding carboxylic acids is 2. The van der Waals surface area contributed by atoms with Crippen molar-refractivity contribution in [2.45, 2.75) is 232 Å². The molecular formula is C84H128NO8+. The number of carboxylic acid groups (broad SMARTS) is 1. The van der Waals surface area contributed by atoms with Crippen molar-refractivity contribution in [3.63, 3.8) is 0 Å². The molecular weight excluding hydrogens is 1150 g/mol. The van der Waals surface area contributed by atoms with Crippen LogP contribution in [0.5, 0.6) is 0 Å². The number of allylic oxidation sites excluding steroid dienone is 38. The van der Waals surface area contributed by atoms with Crippen molar-refractivity contribution in [1.82, 2.24) is 0 Å². The summed E-state index contributed by atoms with van der Waals surface area (Å²) in [7, 11) is 5.94. The molecule has 1 N–H and O–H groups in total. The van der Waals surface area contributed by atoms with Crippen LogP contribution in [0.4, 0.5) is 0 Å². The highest BCUT2D eigenvalue weighted by Gasteiger charge is 2.25. The number of hydrogen-bond donors (Lipinski definition) is 1. The van der Waals surface area contributed by atoms with Gasteiger partial charge in [0.1, 0.15) is 13.2 Å². The third-order valence-electron chi connectivity index (χ3n) is 13.9. The molecule has 0 aliphatic heterocycles. The van der Waals surface area contributed by atoms with Crippen LogP contribution in [0.3, 0.4) is 0 Å². The van der Waals surface area contributed by atoms with E-state index < -0.39 is 24.3 Å². The molecule has 0 aromatic heterocycles. The summed E-state index contributed by atoms with van der Waals surface area (Å²) < 4.78 is 22.9. The van der Waals surface area contributed by atoms with E-state index in [0.29, 0.717) is 23.9 Å². The van der Waals surface area contributed by atoms with Gasteiger partial charge in [0.25, 0.3) is 6.29 Å². The largest absolute Gasteiger partial charge is 0.477 e. The number of rotatable bonds is 62. The van der Waals surface area contributed by atoms with Gasteiger partial charge in [-0.1, -0.05) is 277 Å². The van der Waals surface area contributed by atoms with Crippen molar-refractivity contribution in [1.29, 1.82) is 0 Å². The lowest BCUT2D eigenvalue weighted by Gasteiger charge is -2.25. The van der Waals surface area contributed by atoms with Crippen molar-refractivity contribution in [2.24, 2.45) is 0 Å². The second-order valence-electron chi connectivity index (χ2n) is 23.7. The summed E-state index contributed by atoms with van der Waals surface area (Å²) in [6, 6.07) is 0. The fourth-order valence-corrected chi connectivity index (χ4v) is 8.56. The Bertz CT molecular complexity index is 2380. The predicted octanol–water partition coefficient (Wildman–Crippen LogP) is 22.7. The molecule has 0 heterocycles. The Balaban J connectivity index is 4.32. The molecule has 516 valence electrons. The van der Waals surface area contributed by atoms with Gasteiger partial charge in [0.15, 0.2) is 6.10 Å². The first-order chi connectivity index (χ1) is 45.6. The maximum atomic E-state index is 12.9. The lowest BCUT2D eigenvalue weighted by atomic mass is 10.1. The second-order valence-corrected chi connectivity index (χ2v) is 23.7. The fraction of sp³-hybridized carbons (Fsp3) is 0.512. The van der Waals surface area contributed by atoms with Crippen LogP contribution >= 0.6 is 0 Å². The summed E-state index contributed by atoms with van der Waals surface area (Å²) in [6.07, 6.45) is 112. The van der Waals surface area contributed by atoms with Gasteiger partial charge < -0.3 is 28.5 Å². The minimum atomic E-state index is -1.54. The number of likely N-dealkylation sites (N-methyl/N-ethyl adjacent to an activating group) is 1. The molecule has 0 rings (SSSR count). The molecule has 0 bridgehead atoms. The maximum absolute atomic E-state index is 12.9. The summed E-state index contributed by atoms with van der Waals surface area (Å²) in [6.45, 7) is 4.55. The smallest absolute Gasteiger partial charge is 0.361 e. The fourth-order valence-electron chi connectivity index (χ4n) is 8.56. The van der Waals surface area contributed by atoms with Gasteiger partial charge in [-0.3, -0.25) is 9.59 Å². The van der Waals surface area contributed by atoms with E-state index in [9.17, 15) is 19.5 Å². The van der Waals surface area contributed by atoms with Gasteiger partial charge in [0.2, 0.25) is 0 Å². The topological polar surface area (TPSA) is 108 Å². The summed E-state index contributed by atoms with van der Waals surface area (Å²) in [4.78, 5) is 37.6. The van der Waals surface area contributed by atoms with Gasteiger partial charge in [-0.15, -0.1) is 0 Å². The van der Waals surface area contributed by atoms with E-state index in [1.54, 1.807) is 0 Å². The monoisotopic (exact) mass is 1280 g/mol. The minimum Gasteiger partial charge on any atom is -0.477 e. The van der Waals surface area contributed by atoms with Crippen LogP contribution in [-0.2, 0) is 33.3 Å². The Kier molecular flexibility index (Phi) is 66.1. The molecule has 0 saturated carbocycles. The maximum Gasteiger partial charge on any atom is 0.361 e. The van der Waals surface area contributed by atoms with Gasteiger partial charge in [-0.05, 0) is 161 Å². The van der Waals surface area contributed by atoms with Crippen molar-refractivity contribution in [3.05, 3.63) is 231 Å². The zero-order valence-electron chi connectivity index (χ0n) is 58.8. The first-order valence-corrected chi connectivity index (χ1v) is 35.5. The van der Waals surface area contributed by atoms with Gasteiger partial charge >= 0.3 is 17.9 Å². The number of unbranched alkanes of at least 4 members (excludes halogenated alkanes) is 9. The minimum absolute atomic E-state index is 0.165. The number of aliphatic carboxylic acids is 1. The standard InChI is InChI=1S/C84H127NO8/c1-6-8-10-12-14-16-18-20-22-24-26-28-30-32-34-36-37-38-39-40-41-42-43-44-45-47-49-51-53-55-57-59-61-63-65-67-69-71-73-75-82(87)93-80(79-92-84(83(88)89)90-77-76-85(3,4)5)78-91-81(86)74-72-70-68-66-64-62-60-58-56-54-52-50-48-46-35-33-31-29-27-25-23-21-19-17-15-13-11-9-7-2/h8-11,14-17,20-23,26-29,32-35,37-38,40-41,43-44,47-50,53-56,59-62,80,84H,6-7,12-13,18-19,24-25,30-31,36,39,42,45-46,51-52,57-58,63-79H2,1-5H3/p+1/b10-8-,11-9-,16-14-,17-15-,22-20-,23-21-,28-26-,29-27-,34-32-,35-33-,38-37-,41-40-,44-43-,49-47-,50-48-,55-53-,56-54-,61-59-,62-60-. The van der Waals surface area contributed by atoms with Crippen LogP contribution < -0.4 is 0 Å². The van der Waals surface area contributed by atoms with Gasteiger partial charge in [-0.2, -0.15) is 0 Å². The highest BCUT2D eigenvalue weighted by Crippen LogP contribution is 2.13. The highest BCUT2D eigenvalue weighted by molar-refractivity contribution is 5.71. The number of quaternary nitrogens is 1. The second kappa shape index (κ2) is 71.2. The van der Waals surface area contributed by atoms with Gasteiger partial charge in [0.05, 0.1) is 34.4 Å². The summed E-state index contributed by atoms with van der Waals surface area (Å²) in [5.74, 6) is -2.10. The van der Waals surface area contributed by atoms with Crippen molar-refractivity contribution >= 4 is 17.9 Å². The van der Waals surface area contributed by atoms with E-state index >= 15 is 0 Å². The van der Waals surface area contributed by atoms with E-state index in [2.05, 4.69) is 245 Å². The van der Waals surface area contributed by atoms with Crippen LogP contribution in [-0.4, -0.2) is 87.4 Å².